The summed E-state index contributed by atoms with van der Waals surface area (Å²) in [4.78, 5) is 32.3. The second kappa shape index (κ2) is 15.1. The highest BCUT2D eigenvalue weighted by Gasteiger charge is 2.36. The normalized spacial score (nSPS) is 24.2. The van der Waals surface area contributed by atoms with Crippen molar-refractivity contribution in [3.63, 3.8) is 0 Å². The monoisotopic (exact) mass is 541 g/mol. The van der Waals surface area contributed by atoms with Crippen LogP contribution in [-0.4, -0.2) is 97.6 Å². The number of methoxy groups -OCH3 is 1. The Kier molecular flexibility index (Phi) is 11.8. The lowest BCUT2D eigenvalue weighted by atomic mass is 10.0. The summed E-state index contributed by atoms with van der Waals surface area (Å²) in [5.41, 5.74) is 1.11. The Morgan fingerprint density at radius 1 is 1.18 bits per heavy atom. The third-order valence-corrected chi connectivity index (χ3v) is 7.75. The Labute approximate surface area is 234 Å². The number of hydrogen-bond donors (Lipinski definition) is 2. The minimum atomic E-state index is -0.315. The summed E-state index contributed by atoms with van der Waals surface area (Å²) >= 11 is 0. The Morgan fingerprint density at radius 3 is 2.46 bits per heavy atom. The maximum Gasteiger partial charge on any atom is 0.318 e. The number of likely N-dealkylation sites (N-methyl/N-ethyl adjacent to an activating group) is 1. The zero-order valence-electron chi connectivity index (χ0n) is 24.1. The first kappa shape index (κ1) is 30.7. The van der Waals surface area contributed by atoms with Gasteiger partial charge in [-0.15, -0.1) is 13.2 Å². The topological polar surface area (TPSA) is 86.4 Å². The molecule has 2 aliphatic heterocycles. The van der Waals surface area contributed by atoms with Gasteiger partial charge in [0.25, 0.3) is 0 Å². The second-order valence-electron chi connectivity index (χ2n) is 10.6. The van der Waals surface area contributed by atoms with Crippen molar-refractivity contribution in [2.75, 3.05) is 46.4 Å². The molecule has 2 saturated heterocycles. The number of carbonyl (C=O) groups excluding carboxylic acids is 2. The zero-order valence-corrected chi connectivity index (χ0v) is 24.1. The molecule has 0 saturated carbocycles. The van der Waals surface area contributed by atoms with Crippen molar-refractivity contribution in [1.82, 2.24) is 25.3 Å². The number of urea groups is 2. The van der Waals surface area contributed by atoms with Crippen LogP contribution in [0.15, 0.2) is 55.6 Å². The molecule has 3 rings (SSSR count). The van der Waals surface area contributed by atoms with Crippen molar-refractivity contribution in [3.8, 4) is 0 Å². The first-order chi connectivity index (χ1) is 18.8. The van der Waals surface area contributed by atoms with Crippen LogP contribution < -0.4 is 10.6 Å². The van der Waals surface area contributed by atoms with Crippen molar-refractivity contribution < 1.29 is 19.1 Å². The molecule has 0 spiro atoms. The van der Waals surface area contributed by atoms with Gasteiger partial charge in [0.05, 0.1) is 18.8 Å². The van der Waals surface area contributed by atoms with Crippen LogP contribution >= 0.6 is 0 Å². The highest BCUT2D eigenvalue weighted by molar-refractivity contribution is 5.76. The van der Waals surface area contributed by atoms with Crippen LogP contribution in [-0.2, 0) is 9.47 Å². The number of likely N-dealkylation sites (tertiary alicyclic amines) is 1. The molecular weight excluding hydrogens is 494 g/mol. The van der Waals surface area contributed by atoms with Gasteiger partial charge in [0.2, 0.25) is 0 Å². The summed E-state index contributed by atoms with van der Waals surface area (Å²) in [6.45, 7) is 17.2. The highest BCUT2D eigenvalue weighted by Crippen LogP contribution is 2.25. The van der Waals surface area contributed by atoms with Crippen LogP contribution in [0.3, 0.4) is 0 Å². The molecule has 2 fully saturated rings. The lowest BCUT2D eigenvalue weighted by molar-refractivity contribution is -0.0456. The maximum atomic E-state index is 13.4. The van der Waals surface area contributed by atoms with Gasteiger partial charge < -0.3 is 29.9 Å². The number of benzene rings is 1. The standard InChI is InChI=1S/C30H47N5O4/c1-7-22(4)19-35(30(37)31-23(5)8-2)25-15-17-34(18-16-25)29(36)32-26-21-39-27(24-13-11-10-12-14-24)20-33(9-3)28(26)38-6/h7-8,10-14,22-23,25-28H,1-2,9,15-21H2,3-6H3,(H,31,37)(H,32,36)/t22?,23?,26-,27+,28?/m1/s1. The smallest absolute Gasteiger partial charge is 0.318 e. The number of nitrogens with one attached hydrogen (secondary N) is 2. The van der Waals surface area contributed by atoms with E-state index in [0.29, 0.717) is 45.6 Å². The van der Waals surface area contributed by atoms with Gasteiger partial charge in [-0.1, -0.05) is 56.3 Å². The number of ether oxygens (including phenoxy) is 2. The van der Waals surface area contributed by atoms with Crippen molar-refractivity contribution in [2.45, 2.75) is 64.1 Å². The van der Waals surface area contributed by atoms with E-state index in [-0.39, 0.29) is 48.4 Å². The molecule has 0 aromatic heterocycles. The Morgan fingerprint density at radius 2 is 1.87 bits per heavy atom. The van der Waals surface area contributed by atoms with Crippen LogP contribution in [0.4, 0.5) is 9.59 Å². The Balaban J connectivity index is 1.62. The van der Waals surface area contributed by atoms with Gasteiger partial charge in [0.1, 0.15) is 6.23 Å². The van der Waals surface area contributed by atoms with E-state index in [9.17, 15) is 9.59 Å². The van der Waals surface area contributed by atoms with Crippen LogP contribution in [0.2, 0.25) is 0 Å². The summed E-state index contributed by atoms with van der Waals surface area (Å²) in [6, 6.07) is 9.54. The quantitative estimate of drug-likeness (QED) is 0.438. The van der Waals surface area contributed by atoms with E-state index in [1.165, 1.54) is 0 Å². The Hall–Kier alpha value is -2.88. The van der Waals surface area contributed by atoms with E-state index in [4.69, 9.17) is 9.47 Å². The van der Waals surface area contributed by atoms with Gasteiger partial charge in [-0.25, -0.2) is 9.59 Å². The molecule has 4 amide bonds. The van der Waals surface area contributed by atoms with Crippen molar-refractivity contribution in [3.05, 3.63) is 61.2 Å². The van der Waals surface area contributed by atoms with Gasteiger partial charge >= 0.3 is 12.1 Å². The summed E-state index contributed by atoms with van der Waals surface area (Å²) in [7, 11) is 1.68. The molecule has 1 aromatic rings. The van der Waals surface area contributed by atoms with Gasteiger partial charge in [-0.2, -0.15) is 0 Å². The predicted octanol–water partition coefficient (Wildman–Crippen LogP) is 4.00. The lowest BCUT2D eigenvalue weighted by Gasteiger charge is -2.40. The van der Waals surface area contributed by atoms with Crippen molar-refractivity contribution in [1.29, 1.82) is 0 Å². The molecule has 2 aliphatic rings. The van der Waals surface area contributed by atoms with E-state index in [0.717, 1.165) is 12.1 Å². The molecule has 9 nitrogen and oxygen atoms in total. The molecule has 0 aliphatic carbocycles. The number of nitrogens with zero attached hydrogens (tertiary/aromatic N) is 3. The van der Waals surface area contributed by atoms with Crippen LogP contribution in [0.1, 0.15) is 45.3 Å². The number of hydrogen-bond acceptors (Lipinski definition) is 5. The molecule has 9 heteroatoms. The predicted molar refractivity (Wildman–Crippen MR) is 154 cm³/mol. The molecule has 39 heavy (non-hydrogen) atoms. The third kappa shape index (κ3) is 8.30. The summed E-state index contributed by atoms with van der Waals surface area (Å²) in [5, 5.41) is 6.18. The van der Waals surface area contributed by atoms with Gasteiger partial charge in [-0.05, 0) is 37.8 Å². The van der Waals surface area contributed by atoms with Gasteiger partial charge in [0.15, 0.2) is 0 Å². The summed E-state index contributed by atoms with van der Waals surface area (Å²) in [6.07, 6.45) is 4.60. The lowest BCUT2D eigenvalue weighted by Crippen LogP contribution is -2.58. The van der Waals surface area contributed by atoms with E-state index in [1.54, 1.807) is 13.2 Å². The Bertz CT molecular complexity index is 937. The first-order valence-electron chi connectivity index (χ1n) is 14.1. The van der Waals surface area contributed by atoms with Crippen LogP contribution in [0, 0.1) is 5.92 Å². The largest absolute Gasteiger partial charge is 0.370 e. The van der Waals surface area contributed by atoms with E-state index in [1.807, 2.05) is 41.0 Å². The second-order valence-corrected chi connectivity index (χ2v) is 10.6. The van der Waals surface area contributed by atoms with Crippen LogP contribution in [0.5, 0.6) is 0 Å². The van der Waals surface area contributed by atoms with Gasteiger partial charge in [0, 0.05) is 45.4 Å². The fourth-order valence-electron chi connectivity index (χ4n) is 5.28. The minimum absolute atomic E-state index is 0.0450. The number of piperidine rings is 1. The highest BCUT2D eigenvalue weighted by atomic mass is 16.5. The minimum Gasteiger partial charge on any atom is -0.370 e. The number of rotatable bonds is 10. The molecule has 0 radical (unpaired) electrons. The fourth-order valence-corrected chi connectivity index (χ4v) is 5.28. The summed E-state index contributed by atoms with van der Waals surface area (Å²) < 4.78 is 12.2. The molecule has 3 unspecified atom stereocenters. The molecule has 1 aromatic carbocycles. The molecular formula is C30H47N5O4. The summed E-state index contributed by atoms with van der Waals surface area (Å²) in [5.74, 6) is 0.165. The molecule has 216 valence electrons. The number of carbonyl (C=O) groups is 2. The zero-order chi connectivity index (χ0) is 28.4. The average Bonchev–Trinajstić information content (AvgIpc) is 3.14. The first-order valence-corrected chi connectivity index (χ1v) is 14.1. The van der Waals surface area contributed by atoms with E-state index >= 15 is 0 Å². The average molecular weight is 542 g/mol. The third-order valence-electron chi connectivity index (χ3n) is 7.75. The molecule has 2 N–H and O–H groups in total. The fraction of sp³-hybridized carbons (Fsp3) is 0.600. The molecule has 5 atom stereocenters. The van der Waals surface area contributed by atoms with Gasteiger partial charge in [-0.3, -0.25) is 4.90 Å². The van der Waals surface area contributed by atoms with E-state index < -0.39 is 0 Å². The van der Waals surface area contributed by atoms with E-state index in [2.05, 4.69) is 54.7 Å². The van der Waals surface area contributed by atoms with Crippen LogP contribution in [0.25, 0.3) is 0 Å². The van der Waals surface area contributed by atoms with Crippen molar-refractivity contribution in [2.24, 2.45) is 5.92 Å². The maximum absolute atomic E-state index is 13.4. The SMILES string of the molecule is C=CC(C)CN(C(=O)NC(C)C=C)C1CCN(C(=O)N[C@@H]2CO[C@H](c3ccccc3)CN(CC)C2OC)CC1. The number of amides is 4. The molecule has 2 heterocycles. The van der Waals surface area contributed by atoms with Crippen molar-refractivity contribution >= 4 is 12.1 Å². The molecule has 0 bridgehead atoms.